The predicted octanol–water partition coefficient (Wildman–Crippen LogP) is 6.30. The molecule has 1 N–H and O–H groups in total. The van der Waals surface area contributed by atoms with Crippen LogP contribution in [-0.2, 0) is 11.3 Å². The van der Waals surface area contributed by atoms with Crippen molar-refractivity contribution in [3.63, 3.8) is 0 Å². The first-order valence-electron chi connectivity index (χ1n) is 13.4. The summed E-state index contributed by atoms with van der Waals surface area (Å²) in [5.41, 5.74) is 5.46. The largest absolute Gasteiger partial charge is 0.478 e. The van der Waals surface area contributed by atoms with Crippen LogP contribution in [-0.4, -0.2) is 45.7 Å². The highest BCUT2D eigenvalue weighted by Gasteiger charge is 2.43. The van der Waals surface area contributed by atoms with Crippen molar-refractivity contribution in [1.29, 1.82) is 0 Å². The molecule has 2 heterocycles. The fourth-order valence-corrected chi connectivity index (χ4v) is 5.61. The maximum Gasteiger partial charge on any atom is 0.471 e. The van der Waals surface area contributed by atoms with Crippen LogP contribution in [0.15, 0.2) is 71.7 Å². The van der Waals surface area contributed by atoms with Gasteiger partial charge in [-0.1, -0.05) is 36.4 Å². The molecule has 0 aliphatic carbocycles. The summed E-state index contributed by atoms with van der Waals surface area (Å²) in [5.74, 6) is -2.70. The van der Waals surface area contributed by atoms with Gasteiger partial charge in [-0.15, -0.1) is 0 Å². The van der Waals surface area contributed by atoms with Gasteiger partial charge in [-0.05, 0) is 95.6 Å². The second-order valence-corrected chi connectivity index (χ2v) is 10.6. The van der Waals surface area contributed by atoms with E-state index in [-0.39, 0.29) is 30.1 Å². The van der Waals surface area contributed by atoms with Crippen molar-refractivity contribution in [2.75, 3.05) is 13.1 Å². The summed E-state index contributed by atoms with van der Waals surface area (Å²) in [6.07, 6.45) is -2.10. The quantitative estimate of drug-likeness (QED) is 0.310. The number of benzene rings is 3. The van der Waals surface area contributed by atoms with E-state index in [4.69, 9.17) is 0 Å². The molecule has 0 atom stereocenters. The van der Waals surface area contributed by atoms with Crippen LogP contribution in [0.3, 0.4) is 0 Å². The Bertz CT molecular complexity index is 1700. The number of carbonyl (C=O) groups excluding carboxylic acids is 1. The van der Waals surface area contributed by atoms with Crippen LogP contribution in [0.4, 0.5) is 13.2 Å². The highest BCUT2D eigenvalue weighted by molar-refractivity contribution is 5.92. The van der Waals surface area contributed by atoms with Gasteiger partial charge in [0.1, 0.15) is 0 Å². The Morgan fingerprint density at radius 2 is 1.59 bits per heavy atom. The number of likely N-dealkylation sites (tertiary alicyclic amines) is 1. The number of rotatable bonds is 5. The predicted molar refractivity (Wildman–Crippen MR) is 150 cm³/mol. The van der Waals surface area contributed by atoms with Crippen molar-refractivity contribution in [3.05, 3.63) is 105 Å². The third-order valence-electron chi connectivity index (χ3n) is 7.91. The molecule has 41 heavy (non-hydrogen) atoms. The van der Waals surface area contributed by atoms with Gasteiger partial charge < -0.3 is 14.6 Å². The molecule has 0 spiro atoms. The van der Waals surface area contributed by atoms with Gasteiger partial charge in [0.15, 0.2) is 0 Å². The highest BCUT2D eigenvalue weighted by atomic mass is 19.4. The number of pyridine rings is 1. The molecule has 1 amide bonds. The first-order valence-corrected chi connectivity index (χ1v) is 13.4. The zero-order chi connectivity index (χ0) is 29.5. The number of aromatic nitrogens is 1. The normalized spacial score (nSPS) is 14.4. The van der Waals surface area contributed by atoms with Gasteiger partial charge in [-0.2, -0.15) is 13.2 Å². The van der Waals surface area contributed by atoms with E-state index in [0.29, 0.717) is 24.8 Å². The maximum atomic E-state index is 13.4. The van der Waals surface area contributed by atoms with Crippen molar-refractivity contribution < 1.29 is 27.9 Å². The van der Waals surface area contributed by atoms with Crippen molar-refractivity contribution in [2.24, 2.45) is 0 Å². The summed E-state index contributed by atoms with van der Waals surface area (Å²) >= 11 is 0. The summed E-state index contributed by atoms with van der Waals surface area (Å²) in [6.45, 7) is 4.35. The monoisotopic (exact) mass is 562 g/mol. The molecule has 0 bridgehead atoms. The Balaban J connectivity index is 1.34. The Morgan fingerprint density at radius 1 is 0.902 bits per heavy atom. The van der Waals surface area contributed by atoms with Gasteiger partial charge in [-0.3, -0.25) is 9.59 Å². The van der Waals surface area contributed by atoms with Gasteiger partial charge in [0.05, 0.1) is 12.1 Å². The number of nitrogens with zero attached hydrogens (tertiary/aromatic N) is 2. The number of carboxylic acids is 1. The van der Waals surface area contributed by atoms with E-state index < -0.39 is 18.1 Å². The number of aryl methyl sites for hydroxylation is 2. The number of halogens is 3. The summed E-state index contributed by atoms with van der Waals surface area (Å²) in [4.78, 5) is 37.2. The van der Waals surface area contributed by atoms with Crippen LogP contribution in [0.25, 0.3) is 21.9 Å². The van der Waals surface area contributed by atoms with Crippen LogP contribution < -0.4 is 5.56 Å². The first-order chi connectivity index (χ1) is 19.4. The Hall–Kier alpha value is -4.40. The average Bonchev–Trinajstić information content (AvgIpc) is 2.95. The molecular formula is C32H29F3N2O4. The third kappa shape index (κ3) is 5.75. The Labute approximate surface area is 234 Å². The molecule has 6 nitrogen and oxygen atoms in total. The molecule has 0 radical (unpaired) electrons. The number of carbonyl (C=O) groups is 2. The average molecular weight is 563 g/mol. The molecule has 0 saturated carbocycles. The van der Waals surface area contributed by atoms with E-state index in [1.54, 1.807) is 28.8 Å². The topological polar surface area (TPSA) is 79.6 Å². The van der Waals surface area contributed by atoms with Gasteiger partial charge in [-0.25, -0.2) is 4.79 Å². The molecule has 1 aromatic heterocycles. The molecule has 5 rings (SSSR count). The SMILES string of the molecule is Cc1ccc(C(=O)O)cc1-c1ccc2c(=O)n(Cc3ccc(C4CCN(C(=O)C(F)(F)F)CC4)cc3)cc(C)c2c1. The number of hydrogen-bond donors (Lipinski definition) is 1. The molecule has 3 aromatic carbocycles. The zero-order valence-corrected chi connectivity index (χ0v) is 22.7. The minimum absolute atomic E-state index is 0.0704. The van der Waals surface area contributed by atoms with Crippen LogP contribution >= 0.6 is 0 Å². The summed E-state index contributed by atoms with van der Waals surface area (Å²) in [5, 5.41) is 10.8. The minimum Gasteiger partial charge on any atom is -0.478 e. The number of fused-ring (bicyclic) bond motifs is 1. The molecule has 1 saturated heterocycles. The van der Waals surface area contributed by atoms with Crippen LogP contribution in [0.2, 0.25) is 0 Å². The van der Waals surface area contributed by atoms with Crippen LogP contribution in [0, 0.1) is 13.8 Å². The van der Waals surface area contributed by atoms with Crippen LogP contribution in [0.5, 0.6) is 0 Å². The second kappa shape index (κ2) is 10.9. The molecule has 212 valence electrons. The molecule has 4 aromatic rings. The van der Waals surface area contributed by atoms with E-state index in [2.05, 4.69) is 0 Å². The standard InChI is InChI=1S/C32H29F3N2O4/c1-19-3-6-25(30(39)40)16-27(19)24-9-10-26-28(15-24)20(2)17-37(29(26)38)18-21-4-7-22(8-5-21)23-11-13-36(14-12-23)31(41)32(33,34)35/h3-10,15-17,23H,11-14,18H2,1-2H3,(H,39,40). The minimum atomic E-state index is -4.84. The van der Waals surface area contributed by atoms with Crippen molar-refractivity contribution in [1.82, 2.24) is 9.47 Å². The van der Waals surface area contributed by atoms with Crippen molar-refractivity contribution >= 4 is 22.6 Å². The van der Waals surface area contributed by atoms with E-state index >= 15 is 0 Å². The number of hydrogen-bond acceptors (Lipinski definition) is 3. The van der Waals surface area contributed by atoms with Crippen LogP contribution in [0.1, 0.15) is 51.4 Å². The Kier molecular flexibility index (Phi) is 7.46. The first kappa shape index (κ1) is 28.1. The molecule has 1 aliphatic heterocycles. The summed E-state index contributed by atoms with van der Waals surface area (Å²) < 4.78 is 39.8. The zero-order valence-electron chi connectivity index (χ0n) is 22.7. The smallest absolute Gasteiger partial charge is 0.471 e. The molecule has 1 aliphatic rings. The van der Waals surface area contributed by atoms with Crippen molar-refractivity contribution in [2.45, 2.75) is 45.3 Å². The number of amides is 1. The van der Waals surface area contributed by atoms with E-state index in [0.717, 1.165) is 43.7 Å². The van der Waals surface area contributed by atoms with Gasteiger partial charge in [0.2, 0.25) is 0 Å². The summed E-state index contributed by atoms with van der Waals surface area (Å²) in [7, 11) is 0. The lowest BCUT2D eigenvalue weighted by atomic mass is 9.89. The third-order valence-corrected chi connectivity index (χ3v) is 7.91. The van der Waals surface area contributed by atoms with Gasteiger partial charge in [0, 0.05) is 24.7 Å². The van der Waals surface area contributed by atoms with E-state index in [9.17, 15) is 32.7 Å². The fourth-order valence-electron chi connectivity index (χ4n) is 5.61. The maximum absolute atomic E-state index is 13.4. The highest BCUT2D eigenvalue weighted by Crippen LogP contribution is 2.31. The second-order valence-electron chi connectivity index (χ2n) is 10.6. The molecular weight excluding hydrogens is 533 g/mol. The summed E-state index contributed by atoms with van der Waals surface area (Å²) in [6, 6.07) is 18.3. The van der Waals surface area contributed by atoms with E-state index in [1.807, 2.05) is 56.4 Å². The van der Waals surface area contributed by atoms with E-state index in [1.165, 1.54) is 0 Å². The van der Waals surface area contributed by atoms with Crippen molar-refractivity contribution in [3.8, 4) is 11.1 Å². The molecule has 9 heteroatoms. The lowest BCUT2D eigenvalue weighted by Crippen LogP contribution is -2.45. The number of aromatic carboxylic acids is 1. The Morgan fingerprint density at radius 3 is 2.22 bits per heavy atom. The van der Waals surface area contributed by atoms with Gasteiger partial charge in [0.25, 0.3) is 5.56 Å². The number of piperidine rings is 1. The number of carboxylic acid groups (broad SMARTS) is 1. The fraction of sp³-hybridized carbons (Fsp3) is 0.281. The number of alkyl halides is 3. The lowest BCUT2D eigenvalue weighted by molar-refractivity contribution is -0.186. The molecule has 0 unspecified atom stereocenters. The lowest BCUT2D eigenvalue weighted by Gasteiger charge is -2.32. The molecule has 1 fully saturated rings. The van der Waals surface area contributed by atoms with Gasteiger partial charge >= 0.3 is 18.1 Å².